The molecule has 0 saturated heterocycles. The molecule has 0 radical (unpaired) electrons. The summed E-state index contributed by atoms with van der Waals surface area (Å²) in [5.74, 6) is -0.0821. The molecule has 3 N–H and O–H groups in total. The summed E-state index contributed by atoms with van der Waals surface area (Å²) in [6.07, 6.45) is 4.76. The van der Waals surface area contributed by atoms with Crippen molar-refractivity contribution in [3.8, 4) is 5.88 Å². The number of nitrogens with zero attached hydrogens (tertiary/aromatic N) is 1. The molecule has 138 valence electrons. The third kappa shape index (κ3) is 4.56. The van der Waals surface area contributed by atoms with E-state index in [1.807, 2.05) is 0 Å². The number of anilines is 1. The number of nitrogens with one attached hydrogen (secondary N) is 3. The minimum atomic E-state index is -0.562. The van der Waals surface area contributed by atoms with Crippen molar-refractivity contribution >= 4 is 45.3 Å². The van der Waals surface area contributed by atoms with Crippen molar-refractivity contribution in [3.05, 3.63) is 39.3 Å². The van der Waals surface area contributed by atoms with Gasteiger partial charge in [-0.3, -0.25) is 9.89 Å². The van der Waals surface area contributed by atoms with Gasteiger partial charge in [0.05, 0.1) is 10.6 Å². The highest BCUT2D eigenvalue weighted by Gasteiger charge is 2.21. The van der Waals surface area contributed by atoms with Gasteiger partial charge in [-0.25, -0.2) is 4.79 Å². The van der Waals surface area contributed by atoms with E-state index in [2.05, 4.69) is 36.8 Å². The van der Waals surface area contributed by atoms with Gasteiger partial charge >= 0.3 is 6.09 Å². The molecule has 1 aliphatic carbocycles. The summed E-state index contributed by atoms with van der Waals surface area (Å²) in [6.45, 7) is 0. The lowest BCUT2D eigenvalue weighted by molar-refractivity contribution is 0.102. The van der Waals surface area contributed by atoms with E-state index in [1.54, 1.807) is 24.3 Å². The molecule has 0 unspecified atom stereocenters. The van der Waals surface area contributed by atoms with Gasteiger partial charge in [-0.2, -0.15) is 0 Å². The smallest absolute Gasteiger partial charge is 0.388 e. The maximum atomic E-state index is 12.3. The number of hydrogen-bond donors (Lipinski definition) is 3. The van der Waals surface area contributed by atoms with Gasteiger partial charge in [0.15, 0.2) is 0 Å². The summed E-state index contributed by atoms with van der Waals surface area (Å²) in [5.41, 5.74) is 0.327. The predicted octanol–water partition coefficient (Wildman–Crippen LogP) is 4.50. The normalized spacial score (nSPS) is 14.7. The van der Waals surface area contributed by atoms with E-state index in [-0.39, 0.29) is 17.7 Å². The summed E-state index contributed by atoms with van der Waals surface area (Å²) >= 11 is 9.29. The number of hydrogen-bond acceptors (Lipinski definition) is 4. The first-order chi connectivity index (χ1) is 12.5. The van der Waals surface area contributed by atoms with Gasteiger partial charge in [0, 0.05) is 6.04 Å². The Kier molecular flexibility index (Phi) is 6.16. The predicted molar refractivity (Wildman–Crippen MR) is 102 cm³/mol. The van der Waals surface area contributed by atoms with Gasteiger partial charge in [-0.05, 0) is 40.9 Å². The van der Waals surface area contributed by atoms with Crippen molar-refractivity contribution in [2.75, 3.05) is 5.32 Å². The number of benzene rings is 1. The number of carbonyl (C=O) groups excluding carboxylic acids is 2. The summed E-state index contributed by atoms with van der Waals surface area (Å²) in [4.78, 5) is 24.3. The zero-order chi connectivity index (χ0) is 18.5. The molecular formula is C17H18BrClN4O3. The molecule has 0 aliphatic heterocycles. The molecule has 0 spiro atoms. The van der Waals surface area contributed by atoms with Crippen LogP contribution >= 0.6 is 27.5 Å². The lowest BCUT2D eigenvalue weighted by Crippen LogP contribution is -2.38. The second kappa shape index (κ2) is 8.55. The Labute approximate surface area is 164 Å². The summed E-state index contributed by atoms with van der Waals surface area (Å²) in [5, 5.41) is 12.4. The zero-order valence-electron chi connectivity index (χ0n) is 13.9. The fraction of sp³-hybridized carbons (Fsp3) is 0.353. The van der Waals surface area contributed by atoms with Crippen molar-refractivity contribution in [1.82, 2.24) is 15.5 Å². The minimum absolute atomic E-state index is 0.0489. The Bertz CT molecular complexity index is 805. The van der Waals surface area contributed by atoms with Crippen LogP contribution in [0.25, 0.3) is 0 Å². The molecule has 1 aromatic carbocycles. The molecule has 2 aromatic rings. The topological polar surface area (TPSA) is 96.1 Å². The fourth-order valence-electron chi connectivity index (χ4n) is 2.82. The van der Waals surface area contributed by atoms with E-state index in [0.29, 0.717) is 15.1 Å². The number of ether oxygens (including phenoxy) is 1. The van der Waals surface area contributed by atoms with E-state index < -0.39 is 12.0 Å². The monoisotopic (exact) mass is 440 g/mol. The molecule has 1 aliphatic rings. The molecular weight excluding hydrogens is 424 g/mol. The van der Waals surface area contributed by atoms with Crippen LogP contribution in [0.1, 0.15) is 42.5 Å². The van der Waals surface area contributed by atoms with E-state index in [0.717, 1.165) is 25.7 Å². The van der Waals surface area contributed by atoms with Crippen LogP contribution in [0.3, 0.4) is 0 Å². The summed E-state index contributed by atoms with van der Waals surface area (Å²) in [6, 6.07) is 6.82. The van der Waals surface area contributed by atoms with Gasteiger partial charge in [0.1, 0.15) is 10.3 Å². The van der Waals surface area contributed by atoms with Gasteiger partial charge in [-0.15, -0.1) is 5.10 Å². The van der Waals surface area contributed by atoms with E-state index in [9.17, 15) is 9.59 Å². The number of aromatic amines is 1. The molecule has 0 atom stereocenters. The Balaban J connectivity index is 1.61. The van der Waals surface area contributed by atoms with Crippen molar-refractivity contribution in [1.29, 1.82) is 0 Å². The van der Waals surface area contributed by atoms with Crippen LogP contribution in [0.4, 0.5) is 10.6 Å². The SMILES string of the molecule is O=C(NC1CCCCC1)Oc1n[nH]c(NC(=O)c2ccccc2Cl)c1Br. The second-order valence-electron chi connectivity index (χ2n) is 6.02. The third-order valence-corrected chi connectivity index (χ3v) is 5.22. The standard InChI is InChI=1S/C17H18BrClN4O3/c18-13-14(21-15(24)11-8-4-5-9-12(11)19)22-23-16(13)26-17(25)20-10-6-2-1-3-7-10/h4-5,8-10H,1-3,6-7H2,(H,20,25)(H2,21,22,23,24). The van der Waals surface area contributed by atoms with E-state index in [4.69, 9.17) is 16.3 Å². The first kappa shape index (κ1) is 18.7. The number of H-pyrrole nitrogens is 1. The first-order valence-electron chi connectivity index (χ1n) is 8.32. The molecule has 1 aromatic heterocycles. The number of rotatable bonds is 4. The van der Waals surface area contributed by atoms with Crippen LogP contribution in [-0.2, 0) is 0 Å². The number of amides is 2. The molecule has 1 saturated carbocycles. The molecule has 1 heterocycles. The Morgan fingerprint density at radius 3 is 2.69 bits per heavy atom. The van der Waals surface area contributed by atoms with Gasteiger partial charge in [0.2, 0.25) is 0 Å². The van der Waals surface area contributed by atoms with E-state index >= 15 is 0 Å². The number of aromatic nitrogens is 2. The molecule has 0 bridgehead atoms. The lowest BCUT2D eigenvalue weighted by atomic mass is 9.96. The van der Waals surface area contributed by atoms with E-state index in [1.165, 1.54) is 6.42 Å². The molecule has 3 rings (SSSR count). The highest BCUT2D eigenvalue weighted by molar-refractivity contribution is 9.10. The Hall–Kier alpha value is -2.06. The molecule has 1 fully saturated rings. The van der Waals surface area contributed by atoms with Crippen LogP contribution in [0.5, 0.6) is 5.88 Å². The first-order valence-corrected chi connectivity index (χ1v) is 9.50. The fourth-order valence-corrected chi connectivity index (χ4v) is 3.40. The van der Waals surface area contributed by atoms with Crippen molar-refractivity contribution in [2.45, 2.75) is 38.1 Å². The van der Waals surface area contributed by atoms with Crippen LogP contribution in [0.2, 0.25) is 5.02 Å². The van der Waals surface area contributed by atoms with Crippen molar-refractivity contribution in [2.24, 2.45) is 0 Å². The molecule has 9 heteroatoms. The van der Waals surface area contributed by atoms with Gasteiger partial charge in [-0.1, -0.05) is 43.0 Å². The Morgan fingerprint density at radius 1 is 1.23 bits per heavy atom. The maximum absolute atomic E-state index is 12.3. The molecule has 2 amide bonds. The summed E-state index contributed by atoms with van der Waals surface area (Å²) in [7, 11) is 0. The maximum Gasteiger partial charge on any atom is 0.414 e. The Morgan fingerprint density at radius 2 is 1.96 bits per heavy atom. The largest absolute Gasteiger partial charge is 0.414 e. The minimum Gasteiger partial charge on any atom is -0.388 e. The quantitative estimate of drug-likeness (QED) is 0.651. The van der Waals surface area contributed by atoms with Crippen molar-refractivity contribution in [3.63, 3.8) is 0 Å². The van der Waals surface area contributed by atoms with Gasteiger partial charge < -0.3 is 15.4 Å². The average Bonchev–Trinajstić information content (AvgIpc) is 2.96. The lowest BCUT2D eigenvalue weighted by Gasteiger charge is -2.21. The average molecular weight is 442 g/mol. The molecule has 26 heavy (non-hydrogen) atoms. The highest BCUT2D eigenvalue weighted by atomic mass is 79.9. The van der Waals surface area contributed by atoms with Crippen LogP contribution in [-0.4, -0.2) is 28.2 Å². The van der Waals surface area contributed by atoms with Gasteiger partial charge in [0.25, 0.3) is 11.8 Å². The van der Waals surface area contributed by atoms with Crippen LogP contribution in [0, 0.1) is 0 Å². The summed E-state index contributed by atoms with van der Waals surface area (Å²) < 4.78 is 5.57. The van der Waals surface area contributed by atoms with Crippen molar-refractivity contribution < 1.29 is 14.3 Å². The third-order valence-electron chi connectivity index (χ3n) is 4.15. The van der Waals surface area contributed by atoms with Crippen LogP contribution in [0.15, 0.2) is 28.7 Å². The second-order valence-corrected chi connectivity index (χ2v) is 7.22. The molecule has 7 nitrogen and oxygen atoms in total. The van der Waals surface area contributed by atoms with Crippen LogP contribution < -0.4 is 15.4 Å². The number of carbonyl (C=O) groups is 2. The zero-order valence-corrected chi connectivity index (χ0v) is 16.2. The number of halogens is 2. The highest BCUT2D eigenvalue weighted by Crippen LogP contribution is 2.30.